The van der Waals surface area contributed by atoms with Crippen LogP contribution < -0.4 is 16.0 Å². The molecule has 0 saturated heterocycles. The zero-order valence-electron chi connectivity index (χ0n) is 18.6. The van der Waals surface area contributed by atoms with Gasteiger partial charge in [-0.2, -0.15) is 0 Å². The van der Waals surface area contributed by atoms with Crippen LogP contribution in [0.25, 0.3) is 0 Å². The lowest BCUT2D eigenvalue weighted by atomic mass is 10.0. The average molecular weight is 426 g/mol. The van der Waals surface area contributed by atoms with Crippen molar-refractivity contribution in [2.45, 2.75) is 90.8 Å². The number of hydrogen-bond donors (Lipinski definition) is 3. The number of likely N-dealkylation sites (N-methyl/N-ethyl adjacent to an activating group) is 1. The summed E-state index contributed by atoms with van der Waals surface area (Å²) in [5.74, 6) is -1.18. The summed E-state index contributed by atoms with van der Waals surface area (Å²) in [4.78, 5) is 70.2. The molecule has 0 aromatic carbocycles. The number of amides is 2. The van der Waals surface area contributed by atoms with Gasteiger partial charge in [0.2, 0.25) is 11.8 Å². The second-order valence-corrected chi connectivity index (χ2v) is 7.70. The van der Waals surface area contributed by atoms with E-state index in [9.17, 15) is 28.8 Å². The van der Waals surface area contributed by atoms with Crippen molar-refractivity contribution < 1.29 is 28.8 Å². The number of hydrogen-bond acceptors (Lipinski definition) is 7. The fourth-order valence-corrected chi connectivity index (χ4v) is 2.92. The minimum absolute atomic E-state index is 0.0136. The molecule has 3 atom stereocenters. The first-order valence-electron chi connectivity index (χ1n) is 10.2. The van der Waals surface area contributed by atoms with Crippen molar-refractivity contribution in [3.63, 3.8) is 0 Å². The number of ketones is 4. The number of nitrogens with one attached hydrogen (secondary N) is 3. The first kappa shape index (κ1) is 27.6. The molecular weight excluding hydrogens is 390 g/mol. The Labute approximate surface area is 178 Å². The van der Waals surface area contributed by atoms with Gasteiger partial charge in [-0.15, -0.1) is 0 Å². The predicted octanol–water partition coefficient (Wildman–Crippen LogP) is 0.631. The third-order valence-electron chi connectivity index (χ3n) is 4.66. The maximum Gasteiger partial charge on any atom is 0.237 e. The molecule has 0 bridgehead atoms. The smallest absolute Gasteiger partial charge is 0.237 e. The second kappa shape index (κ2) is 14.5. The van der Waals surface area contributed by atoms with E-state index in [2.05, 4.69) is 16.0 Å². The normalized spacial score (nSPS) is 13.6. The lowest BCUT2D eigenvalue weighted by Crippen LogP contribution is -2.48. The molecule has 0 rings (SSSR count). The zero-order valence-corrected chi connectivity index (χ0v) is 18.6. The number of rotatable bonds is 16. The fourth-order valence-electron chi connectivity index (χ4n) is 2.92. The van der Waals surface area contributed by atoms with E-state index >= 15 is 0 Å². The molecule has 0 aromatic rings. The Morgan fingerprint density at radius 3 is 1.63 bits per heavy atom. The van der Waals surface area contributed by atoms with Crippen molar-refractivity contribution in [3.8, 4) is 0 Å². The minimum Gasteiger partial charge on any atom is -0.352 e. The second-order valence-electron chi connectivity index (χ2n) is 7.70. The molecule has 0 saturated carbocycles. The van der Waals surface area contributed by atoms with Crippen LogP contribution in [0.3, 0.4) is 0 Å². The third kappa shape index (κ3) is 12.9. The largest absolute Gasteiger partial charge is 0.352 e. The van der Waals surface area contributed by atoms with E-state index in [1.807, 2.05) is 0 Å². The van der Waals surface area contributed by atoms with Crippen LogP contribution in [0.5, 0.6) is 0 Å². The first-order valence-corrected chi connectivity index (χ1v) is 10.2. The molecule has 3 unspecified atom stereocenters. The molecular formula is C21H35N3O6. The fraction of sp³-hybridized carbons (Fsp3) is 0.714. The third-order valence-corrected chi connectivity index (χ3v) is 4.66. The molecule has 0 aliphatic heterocycles. The molecule has 30 heavy (non-hydrogen) atoms. The summed E-state index contributed by atoms with van der Waals surface area (Å²) in [6, 6.07) is -1.85. The van der Waals surface area contributed by atoms with Gasteiger partial charge in [0.25, 0.3) is 0 Å². The van der Waals surface area contributed by atoms with Crippen LogP contribution in [0.4, 0.5) is 0 Å². The van der Waals surface area contributed by atoms with Gasteiger partial charge in [-0.05, 0) is 54.0 Å². The van der Waals surface area contributed by atoms with Crippen molar-refractivity contribution in [1.29, 1.82) is 0 Å². The summed E-state index contributed by atoms with van der Waals surface area (Å²) in [5, 5.41) is 8.23. The Kier molecular flexibility index (Phi) is 13.4. The first-order chi connectivity index (χ1) is 14.0. The number of carbonyl (C=O) groups is 6. The van der Waals surface area contributed by atoms with E-state index in [1.165, 1.54) is 27.7 Å². The molecule has 0 heterocycles. The highest BCUT2D eigenvalue weighted by atomic mass is 16.2. The van der Waals surface area contributed by atoms with Crippen LogP contribution >= 0.6 is 0 Å². The lowest BCUT2D eigenvalue weighted by Gasteiger charge is -2.22. The van der Waals surface area contributed by atoms with E-state index in [1.54, 1.807) is 7.05 Å². The van der Waals surface area contributed by atoms with Gasteiger partial charge in [-0.1, -0.05) is 0 Å². The van der Waals surface area contributed by atoms with Crippen LogP contribution in [-0.2, 0) is 28.8 Å². The maximum absolute atomic E-state index is 12.5. The summed E-state index contributed by atoms with van der Waals surface area (Å²) in [5.41, 5.74) is 0. The molecule has 0 aromatic heterocycles. The van der Waals surface area contributed by atoms with Crippen LogP contribution in [0.15, 0.2) is 0 Å². The topological polar surface area (TPSA) is 139 Å². The summed E-state index contributed by atoms with van der Waals surface area (Å²) < 4.78 is 0. The molecule has 9 nitrogen and oxygen atoms in total. The van der Waals surface area contributed by atoms with Crippen molar-refractivity contribution in [2.24, 2.45) is 0 Å². The highest BCUT2D eigenvalue weighted by molar-refractivity contribution is 5.88. The number of Topliss-reactive ketones (excluding diaryl/α,β-unsaturated/α-hetero) is 4. The molecule has 0 fully saturated rings. The summed E-state index contributed by atoms with van der Waals surface area (Å²) in [7, 11) is 1.61. The summed E-state index contributed by atoms with van der Waals surface area (Å²) in [6.45, 7) is 5.62. The number of carbonyl (C=O) groups excluding carboxylic acids is 6. The summed E-state index contributed by atoms with van der Waals surface area (Å²) in [6.07, 6.45) is 1.33. The monoisotopic (exact) mass is 425 g/mol. The van der Waals surface area contributed by atoms with Gasteiger partial charge in [0.1, 0.15) is 17.3 Å². The van der Waals surface area contributed by atoms with E-state index in [-0.39, 0.29) is 73.5 Å². The highest BCUT2D eigenvalue weighted by Crippen LogP contribution is 2.07. The Hall–Kier alpha value is -2.42. The summed E-state index contributed by atoms with van der Waals surface area (Å²) >= 11 is 0. The van der Waals surface area contributed by atoms with Crippen molar-refractivity contribution >= 4 is 34.9 Å². The van der Waals surface area contributed by atoms with Gasteiger partial charge in [-0.25, -0.2) is 0 Å². The van der Waals surface area contributed by atoms with Crippen LogP contribution in [0, 0.1) is 0 Å². The van der Waals surface area contributed by atoms with Crippen LogP contribution in [0.1, 0.15) is 72.6 Å². The van der Waals surface area contributed by atoms with Gasteiger partial charge in [0.05, 0.1) is 12.1 Å². The highest BCUT2D eigenvalue weighted by Gasteiger charge is 2.23. The molecule has 170 valence electrons. The van der Waals surface area contributed by atoms with E-state index in [4.69, 9.17) is 0 Å². The Morgan fingerprint density at radius 1 is 0.667 bits per heavy atom. The molecule has 0 aliphatic rings. The molecule has 0 aliphatic carbocycles. The van der Waals surface area contributed by atoms with Crippen molar-refractivity contribution in [2.75, 3.05) is 7.05 Å². The van der Waals surface area contributed by atoms with Crippen molar-refractivity contribution in [1.82, 2.24) is 16.0 Å². The molecule has 0 spiro atoms. The quantitative estimate of drug-likeness (QED) is 0.330. The average Bonchev–Trinajstić information content (AvgIpc) is 2.62. The van der Waals surface area contributed by atoms with Crippen LogP contribution in [-0.4, -0.2) is 60.1 Å². The van der Waals surface area contributed by atoms with Gasteiger partial charge in [0.15, 0.2) is 5.78 Å². The Morgan fingerprint density at radius 2 is 1.20 bits per heavy atom. The van der Waals surface area contributed by atoms with E-state index in [0.717, 1.165) is 0 Å². The zero-order chi connectivity index (χ0) is 23.3. The SMILES string of the molecule is CNC(CCC(C)=O)C(=O)NC(CCC(=O)NC(CCC(C)=O)C(C)=O)CC(C)=O. The van der Waals surface area contributed by atoms with E-state index < -0.39 is 18.1 Å². The Balaban J connectivity index is 4.84. The molecule has 0 radical (unpaired) electrons. The lowest BCUT2D eigenvalue weighted by molar-refractivity contribution is -0.128. The van der Waals surface area contributed by atoms with Gasteiger partial charge in [-0.3, -0.25) is 19.2 Å². The van der Waals surface area contributed by atoms with Gasteiger partial charge >= 0.3 is 0 Å². The molecule has 9 heteroatoms. The van der Waals surface area contributed by atoms with E-state index in [0.29, 0.717) is 6.42 Å². The van der Waals surface area contributed by atoms with Crippen LogP contribution in [0.2, 0.25) is 0 Å². The molecule has 3 N–H and O–H groups in total. The standard InChI is InChI=1S/C21H35N3O6/c1-13(25)6-9-18(16(4)28)24-20(29)11-8-17(12-15(3)27)23-21(30)19(22-5)10-7-14(2)26/h17-19,22H,6-12H2,1-5H3,(H,23,30)(H,24,29). The predicted molar refractivity (Wildman–Crippen MR) is 112 cm³/mol. The van der Waals surface area contributed by atoms with Crippen molar-refractivity contribution in [3.05, 3.63) is 0 Å². The minimum atomic E-state index is -0.734. The van der Waals surface area contributed by atoms with Gasteiger partial charge in [0, 0.05) is 31.7 Å². The molecule has 2 amide bonds. The van der Waals surface area contributed by atoms with Gasteiger partial charge < -0.3 is 25.5 Å². The maximum atomic E-state index is 12.5. The Bertz CT molecular complexity index is 647.